The largest absolute Gasteiger partial charge is 0.610 e. The second kappa shape index (κ2) is 38.4. The number of hydrogen-bond acceptors (Lipinski definition) is 19. The van der Waals surface area contributed by atoms with Crippen LogP contribution in [0.3, 0.4) is 0 Å². The van der Waals surface area contributed by atoms with E-state index in [0.29, 0.717) is 92.4 Å². The van der Waals surface area contributed by atoms with Crippen molar-refractivity contribution in [2.24, 2.45) is 28.9 Å². The Kier molecular flexibility index (Phi) is 31.6. The molecule has 1 saturated heterocycles. The molecule has 34 heteroatoms. The number of methoxy groups -OCH3 is 1. The van der Waals surface area contributed by atoms with Crippen molar-refractivity contribution in [1.82, 2.24) is 63.1 Å². The molecular weight excluding hydrogens is 1310 g/mol. The number of carbonyl (C=O) groups is 13. The molecule has 540 valence electrons. The van der Waals surface area contributed by atoms with Gasteiger partial charge >= 0.3 is 5.97 Å². The minimum Gasteiger partial charge on any atom is -0.610 e. The molecule has 12 amide bonds. The molecule has 3 aliphatic rings. The summed E-state index contributed by atoms with van der Waals surface area (Å²) in [6, 6.07) is -7.10. The predicted octanol–water partition coefficient (Wildman–Crippen LogP) is -2.78. The molecular formula is C63H97N13O19S2. The zero-order valence-corrected chi connectivity index (χ0v) is 57.7. The molecule has 0 spiro atoms. The van der Waals surface area contributed by atoms with Gasteiger partial charge in [-0.2, -0.15) is 11.8 Å². The Balaban J connectivity index is 1.39. The normalized spacial score (nSPS) is 23.3. The topological polar surface area (TPSA) is 500 Å². The van der Waals surface area contributed by atoms with Crippen LogP contribution >= 0.6 is 11.8 Å². The highest BCUT2D eigenvalue weighted by Crippen LogP contribution is 2.37. The smallest absolute Gasteiger partial charge is 0.310 e. The number of H-pyrrole nitrogens is 1. The number of unbranched alkanes of at least 4 members (excludes halogenated alkanes) is 4. The first kappa shape index (κ1) is 79.9. The number of rotatable bonds is 29. The summed E-state index contributed by atoms with van der Waals surface area (Å²) >= 11 is -1.10. The average Bonchev–Trinajstić information content (AvgIpc) is 1.62. The highest BCUT2D eigenvalue weighted by molar-refractivity contribution is 7.98. The fourth-order valence-corrected chi connectivity index (χ4v) is 13.6. The number of aliphatic carboxylic acids is 1. The molecule has 4 heterocycles. The van der Waals surface area contributed by atoms with Crippen LogP contribution in [0.4, 0.5) is 0 Å². The molecule has 3 aliphatic heterocycles. The zero-order valence-electron chi connectivity index (χ0n) is 56.0. The van der Waals surface area contributed by atoms with E-state index >= 15 is 4.55 Å². The van der Waals surface area contributed by atoms with E-state index in [-0.39, 0.29) is 59.4 Å². The summed E-state index contributed by atoms with van der Waals surface area (Å²) < 4.78 is 21.1. The van der Waals surface area contributed by atoms with Crippen molar-refractivity contribution in [2.45, 2.75) is 184 Å². The van der Waals surface area contributed by atoms with Gasteiger partial charge in [0.2, 0.25) is 75.9 Å². The standard InChI is InChI=1S/C63H97N13O19S2/c1-8-34(4)52-58(89)69-27-50(84)70-42-32-97(94)60-38(24-40(55(86)68-28-51(85)73-52)71-59(90)53(35(5)44(79)30-77)74-57(88)43-23-36(78)29-76(43)61(91)41(25-46(64)80)72-56(42)87)37-17-18-45(95-7)39(54(37)75-60)31-96-22-21-67-48(82)16-12-9-13-19-65-47(81)15-11-10-14-20-66-49(83)26-63(6,33(2)3)62(92)93/h17-18,33-36,40-44,52-53,75,77-79H,8-16,19-32H2,1-7H3,(H2,64,80)(H,65,81)(H,66,83)(H,67,82)(H,68,86)(H,69,89)(H,70,84)(H,71,90)(H,72,87)(H,73,85)(H,74,88)(H,92,93)/t34-,35-,36+,40-,41-,42-,43-,44-,52-,53-,63?,97?/m0/s1. The summed E-state index contributed by atoms with van der Waals surface area (Å²) in [4.78, 5) is 181. The first-order chi connectivity index (χ1) is 45.9. The maximum Gasteiger partial charge on any atom is 0.310 e. The van der Waals surface area contributed by atoms with Crippen LogP contribution in [0.15, 0.2) is 17.2 Å². The predicted molar refractivity (Wildman–Crippen MR) is 354 cm³/mol. The molecule has 17 N–H and O–H groups in total. The lowest BCUT2D eigenvalue weighted by Gasteiger charge is -2.32. The number of hydrogen-bond donors (Lipinski definition) is 16. The van der Waals surface area contributed by atoms with Gasteiger partial charge in [-0.05, 0) is 56.6 Å². The molecule has 1 aromatic heterocycles. The Morgan fingerprint density at radius 1 is 0.784 bits per heavy atom. The highest BCUT2D eigenvalue weighted by atomic mass is 32.2. The molecule has 12 atom stereocenters. The lowest BCUT2D eigenvalue weighted by molar-refractivity contribution is -0.153. The van der Waals surface area contributed by atoms with Gasteiger partial charge in [0.15, 0.2) is 6.04 Å². The fourth-order valence-electron chi connectivity index (χ4n) is 11.3. The van der Waals surface area contributed by atoms with Gasteiger partial charge in [0.25, 0.3) is 0 Å². The average molecular weight is 1400 g/mol. The number of carboxylic acids is 1. The molecule has 2 aromatic rings. The summed E-state index contributed by atoms with van der Waals surface area (Å²) in [7, 11) is 1.41. The van der Waals surface area contributed by atoms with Crippen LogP contribution in [-0.4, -0.2) is 225 Å². The Hall–Kier alpha value is -7.79. The van der Waals surface area contributed by atoms with Crippen molar-refractivity contribution < 1.29 is 92.0 Å². The first-order valence-corrected chi connectivity index (χ1v) is 35.2. The molecule has 1 fully saturated rings. The summed E-state index contributed by atoms with van der Waals surface area (Å²) in [5.74, 6) is -13.2. The maximum atomic E-state index is 15.3. The monoisotopic (exact) mass is 1400 g/mol. The number of aromatic amines is 1. The number of thioether (sulfide) groups is 1. The number of aromatic nitrogens is 1. The molecule has 97 heavy (non-hydrogen) atoms. The summed E-state index contributed by atoms with van der Waals surface area (Å²) in [5, 5.41) is 67.7. The van der Waals surface area contributed by atoms with E-state index in [2.05, 4.69) is 58.2 Å². The molecule has 1 aromatic carbocycles. The van der Waals surface area contributed by atoms with Crippen LogP contribution in [0.2, 0.25) is 0 Å². The Morgan fingerprint density at radius 2 is 1.40 bits per heavy atom. The van der Waals surface area contributed by atoms with E-state index in [9.17, 15) is 82.8 Å². The van der Waals surface area contributed by atoms with Crippen molar-refractivity contribution in [3.63, 3.8) is 0 Å². The van der Waals surface area contributed by atoms with Crippen molar-refractivity contribution in [3.05, 3.63) is 23.3 Å². The Labute approximate surface area is 570 Å². The van der Waals surface area contributed by atoms with Gasteiger partial charge in [0.1, 0.15) is 41.7 Å². The summed E-state index contributed by atoms with van der Waals surface area (Å²) in [6.45, 7) is 7.74. The first-order valence-electron chi connectivity index (χ1n) is 32.8. The Morgan fingerprint density at radius 3 is 2.00 bits per heavy atom. The lowest BCUT2D eigenvalue weighted by Crippen LogP contribution is -2.62. The van der Waals surface area contributed by atoms with E-state index in [1.54, 1.807) is 46.8 Å². The third-order valence-corrected chi connectivity index (χ3v) is 20.3. The number of ether oxygens (including phenoxy) is 1. The van der Waals surface area contributed by atoms with Crippen molar-refractivity contribution in [1.29, 1.82) is 0 Å². The molecule has 2 bridgehead atoms. The zero-order chi connectivity index (χ0) is 71.8. The van der Waals surface area contributed by atoms with Crippen LogP contribution in [0.5, 0.6) is 5.75 Å². The third-order valence-electron chi connectivity index (χ3n) is 17.9. The van der Waals surface area contributed by atoms with E-state index in [4.69, 9.17) is 10.5 Å². The molecule has 0 saturated carbocycles. The van der Waals surface area contributed by atoms with Crippen LogP contribution in [-0.2, 0) is 85.7 Å². The second-order valence-electron chi connectivity index (χ2n) is 25.4. The van der Waals surface area contributed by atoms with Gasteiger partial charge in [-0.25, -0.2) is 0 Å². The Bertz CT molecular complexity index is 3150. The fraction of sp³-hybridized carbons (Fsp3) is 0.667. The number of carbonyl (C=O) groups excluding carboxylic acids is 12. The SMILES string of the molecule is CC[C@H](C)[C@@H]1NC(=O)CNC(=O)[C@@H]2Cc3c([nH]c4c(CSCCNC(=O)CCCCCNC(=O)CCCCCNC(=O)CC(C)(C(=O)O)C(C)C)c(OC)ccc34)[S+]([O-])C[C@H](NC(=O)CNC1=O)C(=O)N[C@@H](CC(N)=O)C(=O)N1C[C@H](O)C[C@H]1C(=O)N[C@@H]([C@@H](C)[C@@H](O)CO)C(=O)N2. The van der Waals surface area contributed by atoms with Crippen LogP contribution in [0.25, 0.3) is 10.9 Å². The third kappa shape index (κ3) is 23.2. The van der Waals surface area contributed by atoms with Crippen molar-refractivity contribution >= 4 is 111 Å². The molecule has 32 nitrogen and oxygen atoms in total. The number of nitrogens with two attached hydrogens (primary N) is 1. The number of aliphatic hydroxyl groups is 3. The maximum absolute atomic E-state index is 15.3. The molecule has 2 unspecified atom stereocenters. The van der Waals surface area contributed by atoms with Crippen LogP contribution < -0.4 is 63.6 Å². The summed E-state index contributed by atoms with van der Waals surface area (Å²) in [5.41, 5.74) is 5.29. The quantitative estimate of drug-likeness (QED) is 0.0289. The number of nitrogens with zero attached hydrogens (tertiary/aromatic N) is 1. The van der Waals surface area contributed by atoms with Crippen molar-refractivity contribution in [2.75, 3.05) is 64.5 Å². The summed E-state index contributed by atoms with van der Waals surface area (Å²) in [6.07, 6.45) is -0.430. The number of nitrogens with one attached hydrogen (secondary N) is 11. The second-order valence-corrected chi connectivity index (χ2v) is 27.9. The number of primary amides is 1. The molecule has 5 rings (SSSR count). The van der Waals surface area contributed by atoms with Gasteiger partial charge < -0.3 is 98.5 Å². The van der Waals surface area contributed by atoms with Crippen molar-refractivity contribution in [3.8, 4) is 5.75 Å². The number of carboxylic acid groups (broad SMARTS) is 1. The van der Waals surface area contributed by atoms with Gasteiger partial charge in [0.05, 0.1) is 56.4 Å². The van der Waals surface area contributed by atoms with E-state index in [0.717, 1.165) is 4.90 Å². The minimum absolute atomic E-state index is 0.0823. The number of amides is 12. The minimum atomic E-state index is -2.47. The number of fused-ring (bicyclic) bond motifs is 5. The van der Waals surface area contributed by atoms with Gasteiger partial charge in [-0.15, -0.1) is 0 Å². The van der Waals surface area contributed by atoms with E-state index < -0.39 is 187 Å². The molecule has 0 radical (unpaired) electrons. The van der Waals surface area contributed by atoms with E-state index in [1.807, 2.05) is 0 Å². The molecule has 0 aliphatic carbocycles. The van der Waals surface area contributed by atoms with Gasteiger partial charge in [-0.1, -0.05) is 53.9 Å². The lowest BCUT2D eigenvalue weighted by atomic mass is 9.76. The number of aliphatic hydroxyl groups excluding tert-OH is 3. The van der Waals surface area contributed by atoms with Gasteiger partial charge in [0, 0.05) is 103 Å². The van der Waals surface area contributed by atoms with Gasteiger partial charge in [-0.3, -0.25) is 62.3 Å². The number of benzene rings is 1. The van der Waals surface area contributed by atoms with E-state index in [1.165, 1.54) is 25.8 Å². The highest BCUT2D eigenvalue weighted by Gasteiger charge is 2.46. The van der Waals surface area contributed by atoms with Crippen LogP contribution in [0.1, 0.15) is 130 Å². The van der Waals surface area contributed by atoms with Crippen LogP contribution in [0, 0.1) is 23.2 Å².